The van der Waals surface area contributed by atoms with Crippen molar-refractivity contribution in [1.29, 1.82) is 0 Å². The molecular weight excluding hydrogens is 532 g/mol. The van der Waals surface area contributed by atoms with Gasteiger partial charge in [-0.15, -0.1) is 0 Å². The third kappa shape index (κ3) is 2.80. The summed E-state index contributed by atoms with van der Waals surface area (Å²) in [5, 5.41) is 3.07. The Morgan fingerprint density at radius 2 is 1.19 bits per heavy atom. The molecule has 0 spiro atoms. The van der Waals surface area contributed by atoms with E-state index in [-0.39, 0.29) is 5.41 Å². The van der Waals surface area contributed by atoms with Gasteiger partial charge in [0.05, 0.1) is 5.41 Å². The Bertz CT molecular complexity index is 2180. The maximum absolute atomic E-state index is 6.89. The Morgan fingerprint density at radius 1 is 0.571 bits per heavy atom. The summed E-state index contributed by atoms with van der Waals surface area (Å²) in [4.78, 5) is 0. The van der Waals surface area contributed by atoms with E-state index >= 15 is 0 Å². The zero-order valence-corrected chi connectivity index (χ0v) is 24.2. The highest BCUT2D eigenvalue weighted by atomic mass is 35.5. The van der Waals surface area contributed by atoms with E-state index in [4.69, 9.17) is 16.0 Å². The van der Waals surface area contributed by atoms with Crippen molar-refractivity contribution in [3.05, 3.63) is 166 Å². The van der Waals surface area contributed by atoms with Gasteiger partial charge in [-0.1, -0.05) is 135 Å². The molecule has 200 valence electrons. The number of rotatable bonds is 2. The van der Waals surface area contributed by atoms with E-state index in [2.05, 4.69) is 135 Å². The van der Waals surface area contributed by atoms with Crippen molar-refractivity contribution in [2.45, 2.75) is 24.7 Å². The quantitative estimate of drug-likeness (QED) is 0.206. The van der Waals surface area contributed by atoms with Crippen molar-refractivity contribution in [1.82, 2.24) is 0 Å². The van der Waals surface area contributed by atoms with Crippen LogP contribution in [0.1, 0.15) is 47.2 Å². The van der Waals surface area contributed by atoms with Gasteiger partial charge in [0, 0.05) is 26.8 Å². The van der Waals surface area contributed by atoms with Crippen LogP contribution in [0.4, 0.5) is 0 Å². The van der Waals surface area contributed by atoms with Gasteiger partial charge in [-0.3, -0.25) is 0 Å². The summed E-state index contributed by atoms with van der Waals surface area (Å²) >= 11 is 6.89. The second kappa shape index (κ2) is 8.25. The molecule has 0 amide bonds. The van der Waals surface area contributed by atoms with Crippen molar-refractivity contribution in [3.63, 3.8) is 0 Å². The summed E-state index contributed by atoms with van der Waals surface area (Å²) in [6.07, 6.45) is 0. The lowest BCUT2D eigenvalue weighted by Gasteiger charge is -2.37. The summed E-state index contributed by atoms with van der Waals surface area (Å²) in [5.74, 6) is 0. The van der Waals surface area contributed by atoms with E-state index in [1.807, 2.05) is 6.07 Å². The van der Waals surface area contributed by atoms with Crippen molar-refractivity contribution in [2.75, 3.05) is 0 Å². The Labute approximate surface area is 250 Å². The first-order valence-electron chi connectivity index (χ1n) is 14.6. The number of hydrogen-bond donors (Lipinski definition) is 0. The van der Waals surface area contributed by atoms with Crippen LogP contribution in [-0.4, -0.2) is 0 Å². The lowest BCUT2D eigenvalue weighted by molar-refractivity contribution is 0.630. The zero-order valence-electron chi connectivity index (χ0n) is 23.4. The Balaban J connectivity index is 1.63. The van der Waals surface area contributed by atoms with Crippen LogP contribution in [0.5, 0.6) is 0 Å². The molecule has 9 rings (SSSR count). The van der Waals surface area contributed by atoms with Crippen LogP contribution >= 0.6 is 11.6 Å². The average molecular weight is 559 g/mol. The smallest absolute Gasteiger partial charge is 0.144 e. The van der Waals surface area contributed by atoms with E-state index in [1.165, 1.54) is 61.0 Å². The predicted octanol–water partition coefficient (Wildman–Crippen LogP) is 10.9. The minimum absolute atomic E-state index is 0.260. The number of halogens is 1. The number of para-hydroxylation sites is 1. The van der Waals surface area contributed by atoms with Gasteiger partial charge in [0.25, 0.3) is 0 Å². The van der Waals surface area contributed by atoms with Crippen LogP contribution in [0.2, 0.25) is 5.02 Å². The molecule has 6 aromatic carbocycles. The van der Waals surface area contributed by atoms with Crippen molar-refractivity contribution < 1.29 is 4.42 Å². The van der Waals surface area contributed by atoms with Crippen molar-refractivity contribution in [3.8, 4) is 22.3 Å². The van der Waals surface area contributed by atoms with E-state index in [0.29, 0.717) is 0 Å². The topological polar surface area (TPSA) is 13.1 Å². The fourth-order valence-electron chi connectivity index (χ4n) is 8.19. The molecule has 2 aliphatic carbocycles. The van der Waals surface area contributed by atoms with Crippen LogP contribution in [0.25, 0.3) is 44.2 Å². The van der Waals surface area contributed by atoms with E-state index in [9.17, 15) is 0 Å². The van der Waals surface area contributed by atoms with E-state index in [0.717, 1.165) is 21.6 Å². The fraction of sp³-hybridized carbons (Fsp3) is 0.100. The first-order valence-corrected chi connectivity index (χ1v) is 14.9. The average Bonchev–Trinajstić information content (AvgIpc) is 3.62. The maximum atomic E-state index is 6.89. The van der Waals surface area contributed by atoms with E-state index < -0.39 is 5.41 Å². The Morgan fingerprint density at radius 3 is 1.93 bits per heavy atom. The highest BCUT2D eigenvalue weighted by molar-refractivity contribution is 6.31. The fourth-order valence-corrected chi connectivity index (χ4v) is 8.36. The summed E-state index contributed by atoms with van der Waals surface area (Å²) in [7, 11) is 0. The molecule has 0 saturated carbocycles. The molecule has 0 bridgehead atoms. The van der Waals surface area contributed by atoms with Gasteiger partial charge < -0.3 is 4.42 Å². The number of hydrogen-bond acceptors (Lipinski definition) is 1. The van der Waals surface area contributed by atoms with Gasteiger partial charge in [-0.2, -0.15) is 0 Å². The first-order chi connectivity index (χ1) is 20.5. The van der Waals surface area contributed by atoms with Crippen LogP contribution in [0.3, 0.4) is 0 Å². The molecule has 0 N–H and O–H groups in total. The third-order valence-corrected chi connectivity index (χ3v) is 10.00. The lowest BCUT2D eigenvalue weighted by atomic mass is 9.63. The number of fused-ring (bicyclic) bond motifs is 12. The maximum Gasteiger partial charge on any atom is 0.144 e. The molecule has 0 saturated heterocycles. The molecule has 1 heterocycles. The van der Waals surface area contributed by atoms with Crippen LogP contribution < -0.4 is 0 Å². The summed E-state index contributed by atoms with van der Waals surface area (Å²) < 4.78 is 6.86. The number of benzene rings is 6. The molecule has 2 aliphatic rings. The van der Waals surface area contributed by atoms with Crippen LogP contribution in [0, 0.1) is 0 Å². The van der Waals surface area contributed by atoms with Gasteiger partial charge in [-0.25, -0.2) is 0 Å². The van der Waals surface area contributed by atoms with Gasteiger partial charge >= 0.3 is 0 Å². The molecule has 2 heteroatoms. The van der Waals surface area contributed by atoms with Crippen molar-refractivity contribution >= 4 is 33.5 Å². The zero-order chi connectivity index (χ0) is 28.2. The molecule has 0 fully saturated rings. The minimum Gasteiger partial charge on any atom is -0.455 e. The highest BCUT2D eigenvalue weighted by Crippen LogP contribution is 2.66. The van der Waals surface area contributed by atoms with Crippen LogP contribution in [0.15, 0.2) is 132 Å². The minimum atomic E-state index is -0.575. The molecule has 7 aromatic rings. The van der Waals surface area contributed by atoms with Gasteiger partial charge in [-0.05, 0) is 68.3 Å². The second-order valence-electron chi connectivity index (χ2n) is 12.1. The van der Waals surface area contributed by atoms with Crippen LogP contribution in [-0.2, 0) is 10.8 Å². The van der Waals surface area contributed by atoms with Gasteiger partial charge in [0.1, 0.15) is 11.2 Å². The molecule has 42 heavy (non-hydrogen) atoms. The summed E-state index contributed by atoms with van der Waals surface area (Å²) in [6.45, 7) is 4.76. The monoisotopic (exact) mass is 558 g/mol. The summed E-state index contributed by atoms with van der Waals surface area (Å²) in [5.41, 5.74) is 13.7. The molecule has 1 aromatic heterocycles. The lowest BCUT2D eigenvalue weighted by Crippen LogP contribution is -2.32. The Kier molecular flexibility index (Phi) is 4.72. The predicted molar refractivity (Wildman–Crippen MR) is 174 cm³/mol. The molecular formula is C40H27ClO. The number of furan rings is 1. The van der Waals surface area contributed by atoms with Crippen molar-refractivity contribution in [2.24, 2.45) is 0 Å². The highest BCUT2D eigenvalue weighted by Gasteiger charge is 2.53. The molecule has 0 unspecified atom stereocenters. The van der Waals surface area contributed by atoms with Gasteiger partial charge in [0.2, 0.25) is 0 Å². The summed E-state index contributed by atoms with van der Waals surface area (Å²) in [6, 6.07) is 45.8. The second-order valence-corrected chi connectivity index (χ2v) is 12.6. The standard InChI is InChI=1S/C40H27ClO/c1-39(2)30-19-11-9-17-27(30)35-36(39)37-33(34-29-18-10-12-20-32(29)42-38(34)35)28-22-21-26(41)23-31(28)40(37,24-13-5-3-6-14-24)25-15-7-4-8-16-25/h3-23H,1-2H3. The van der Waals surface area contributed by atoms with E-state index in [1.54, 1.807) is 0 Å². The normalized spacial score (nSPS) is 15.4. The SMILES string of the molecule is CC1(C)c2ccccc2-c2c1c1c(c3c2oc2ccccc23)-c2ccc(Cl)cc2C1(c1ccccc1)c1ccccc1. The third-order valence-electron chi connectivity index (χ3n) is 9.76. The largest absolute Gasteiger partial charge is 0.455 e. The Hall–Kier alpha value is -4.59. The van der Waals surface area contributed by atoms with Gasteiger partial charge in [0.15, 0.2) is 0 Å². The molecule has 0 aliphatic heterocycles. The first kappa shape index (κ1) is 24.1. The molecule has 1 nitrogen and oxygen atoms in total. The molecule has 0 atom stereocenters. The molecule has 0 radical (unpaired) electrons.